The van der Waals surface area contributed by atoms with Crippen LogP contribution in [0.3, 0.4) is 0 Å². The highest BCUT2D eigenvalue weighted by molar-refractivity contribution is 5.48. The molecule has 1 fully saturated rings. The fraction of sp³-hybridized carbons (Fsp3) is 0.444. The lowest BCUT2D eigenvalue weighted by molar-refractivity contribution is 0.229. The fourth-order valence-electron chi connectivity index (χ4n) is 2.94. The normalized spacial score (nSPS) is 16.4. The molecule has 3 rings (SSSR count). The van der Waals surface area contributed by atoms with Crippen LogP contribution in [0.4, 0.5) is 5.69 Å². The summed E-state index contributed by atoms with van der Waals surface area (Å²) in [7, 11) is 0. The zero-order chi connectivity index (χ0) is 14.8. The van der Waals surface area contributed by atoms with Crippen molar-refractivity contribution in [3.8, 4) is 0 Å². The molecule has 0 aliphatic carbocycles. The first-order valence-electron chi connectivity index (χ1n) is 7.72. The van der Waals surface area contributed by atoms with Crippen molar-refractivity contribution < 1.29 is 4.42 Å². The quantitative estimate of drug-likeness (QED) is 0.859. The van der Waals surface area contributed by atoms with Gasteiger partial charge in [0.1, 0.15) is 11.5 Å². The second kappa shape index (κ2) is 5.94. The van der Waals surface area contributed by atoms with E-state index in [0.29, 0.717) is 0 Å². The predicted octanol–water partition coefficient (Wildman–Crippen LogP) is 3.53. The van der Waals surface area contributed by atoms with E-state index in [-0.39, 0.29) is 0 Å². The lowest BCUT2D eigenvalue weighted by Crippen LogP contribution is -2.45. The van der Waals surface area contributed by atoms with Gasteiger partial charge in [-0.2, -0.15) is 0 Å². The Labute approximate surface area is 127 Å². The minimum absolute atomic E-state index is 0.927. The second-order valence-electron chi connectivity index (χ2n) is 6.05. The van der Waals surface area contributed by atoms with Crippen LogP contribution in [0.25, 0.3) is 0 Å². The highest BCUT2D eigenvalue weighted by Crippen LogP contribution is 2.20. The van der Waals surface area contributed by atoms with Gasteiger partial charge in [-0.25, -0.2) is 0 Å². The summed E-state index contributed by atoms with van der Waals surface area (Å²) in [6, 6.07) is 11.0. The molecular weight excluding hydrogens is 260 g/mol. The molecule has 2 aromatic rings. The molecule has 1 aliphatic rings. The molecule has 0 bridgehead atoms. The molecule has 3 nitrogen and oxygen atoms in total. The summed E-state index contributed by atoms with van der Waals surface area (Å²) in [6.07, 6.45) is 0. The average Bonchev–Trinajstić information content (AvgIpc) is 2.78. The summed E-state index contributed by atoms with van der Waals surface area (Å²) in [5.41, 5.74) is 3.93. The third-order valence-electron chi connectivity index (χ3n) is 4.34. The summed E-state index contributed by atoms with van der Waals surface area (Å²) in [6.45, 7) is 11.6. The van der Waals surface area contributed by atoms with Gasteiger partial charge in [0.05, 0.1) is 6.54 Å². The minimum Gasteiger partial charge on any atom is -0.465 e. The topological polar surface area (TPSA) is 19.6 Å². The van der Waals surface area contributed by atoms with Crippen molar-refractivity contribution in [1.29, 1.82) is 0 Å². The average molecular weight is 284 g/mol. The molecule has 0 N–H and O–H groups in total. The largest absolute Gasteiger partial charge is 0.465 e. The second-order valence-corrected chi connectivity index (χ2v) is 6.05. The molecule has 1 saturated heterocycles. The summed E-state index contributed by atoms with van der Waals surface area (Å²) >= 11 is 0. The highest BCUT2D eigenvalue weighted by atomic mass is 16.3. The van der Waals surface area contributed by atoms with Crippen LogP contribution < -0.4 is 4.90 Å². The van der Waals surface area contributed by atoms with Gasteiger partial charge >= 0.3 is 0 Å². The molecular formula is C18H24N2O. The van der Waals surface area contributed by atoms with Gasteiger partial charge in [0, 0.05) is 31.9 Å². The van der Waals surface area contributed by atoms with Gasteiger partial charge in [-0.15, -0.1) is 0 Å². The Balaban J connectivity index is 1.57. The number of aryl methyl sites for hydroxylation is 3. The van der Waals surface area contributed by atoms with E-state index >= 15 is 0 Å². The first-order chi connectivity index (χ1) is 10.1. The van der Waals surface area contributed by atoms with Crippen molar-refractivity contribution in [3.05, 3.63) is 53.0 Å². The Bertz CT molecular complexity index is 590. The monoisotopic (exact) mass is 284 g/mol. The molecule has 1 aromatic heterocycles. The van der Waals surface area contributed by atoms with Crippen LogP contribution in [-0.2, 0) is 6.54 Å². The number of furan rings is 1. The molecule has 21 heavy (non-hydrogen) atoms. The molecule has 112 valence electrons. The first-order valence-corrected chi connectivity index (χ1v) is 7.72. The smallest absolute Gasteiger partial charge is 0.118 e. The molecule has 1 aliphatic heterocycles. The van der Waals surface area contributed by atoms with Crippen molar-refractivity contribution in [2.45, 2.75) is 27.3 Å². The van der Waals surface area contributed by atoms with Crippen LogP contribution in [-0.4, -0.2) is 31.1 Å². The Morgan fingerprint density at radius 2 is 1.76 bits per heavy atom. The van der Waals surface area contributed by atoms with E-state index in [1.54, 1.807) is 0 Å². The van der Waals surface area contributed by atoms with E-state index in [2.05, 4.69) is 54.0 Å². The molecule has 0 amide bonds. The molecule has 0 radical (unpaired) electrons. The van der Waals surface area contributed by atoms with Crippen LogP contribution in [0.1, 0.15) is 22.6 Å². The van der Waals surface area contributed by atoms with E-state index < -0.39 is 0 Å². The number of nitrogens with zero attached hydrogens (tertiary/aromatic N) is 2. The third kappa shape index (κ3) is 3.30. The number of benzene rings is 1. The van der Waals surface area contributed by atoms with Gasteiger partial charge in [-0.3, -0.25) is 4.90 Å². The summed E-state index contributed by atoms with van der Waals surface area (Å²) in [4.78, 5) is 4.95. The molecule has 0 unspecified atom stereocenters. The van der Waals surface area contributed by atoms with Crippen molar-refractivity contribution >= 4 is 5.69 Å². The standard InChI is InChI=1S/C18H24N2O/c1-14-5-4-6-17(11-14)20-9-7-19(8-10-20)13-18-12-15(2)16(3)21-18/h4-6,11-12H,7-10,13H2,1-3H3. The Hall–Kier alpha value is -1.74. The van der Waals surface area contributed by atoms with E-state index in [4.69, 9.17) is 4.42 Å². The number of piperazine rings is 1. The first kappa shape index (κ1) is 14.2. The van der Waals surface area contributed by atoms with Crippen molar-refractivity contribution in [1.82, 2.24) is 4.90 Å². The zero-order valence-electron chi connectivity index (χ0n) is 13.2. The van der Waals surface area contributed by atoms with Crippen molar-refractivity contribution in [2.24, 2.45) is 0 Å². The van der Waals surface area contributed by atoms with Crippen LogP contribution in [0.5, 0.6) is 0 Å². The molecule has 3 heteroatoms. The van der Waals surface area contributed by atoms with Crippen molar-refractivity contribution in [2.75, 3.05) is 31.1 Å². The number of anilines is 1. The fourth-order valence-corrected chi connectivity index (χ4v) is 2.94. The summed E-state index contributed by atoms with van der Waals surface area (Å²) < 4.78 is 5.79. The highest BCUT2D eigenvalue weighted by Gasteiger charge is 2.18. The van der Waals surface area contributed by atoms with Crippen molar-refractivity contribution in [3.63, 3.8) is 0 Å². The Kier molecular flexibility index (Phi) is 4.02. The minimum atomic E-state index is 0.927. The third-order valence-corrected chi connectivity index (χ3v) is 4.34. The Morgan fingerprint density at radius 1 is 1.00 bits per heavy atom. The maximum absolute atomic E-state index is 5.79. The van der Waals surface area contributed by atoms with Gasteiger partial charge in [-0.1, -0.05) is 12.1 Å². The molecule has 0 spiro atoms. The lowest BCUT2D eigenvalue weighted by atomic mass is 10.2. The molecule has 1 aromatic carbocycles. The van der Waals surface area contributed by atoms with Gasteiger partial charge in [0.25, 0.3) is 0 Å². The maximum atomic E-state index is 5.79. The molecule has 2 heterocycles. The van der Waals surface area contributed by atoms with Gasteiger partial charge in [0.15, 0.2) is 0 Å². The van der Waals surface area contributed by atoms with Crippen LogP contribution in [0.2, 0.25) is 0 Å². The van der Waals surface area contributed by atoms with Crippen LogP contribution >= 0.6 is 0 Å². The summed E-state index contributed by atoms with van der Waals surface area (Å²) in [5.74, 6) is 2.14. The van der Waals surface area contributed by atoms with E-state index in [1.165, 1.54) is 16.8 Å². The summed E-state index contributed by atoms with van der Waals surface area (Å²) in [5, 5.41) is 0. The van der Waals surface area contributed by atoms with E-state index in [0.717, 1.165) is 44.2 Å². The molecule has 0 saturated carbocycles. The van der Waals surface area contributed by atoms with Crippen LogP contribution in [0.15, 0.2) is 34.7 Å². The zero-order valence-corrected chi connectivity index (χ0v) is 13.2. The van der Waals surface area contributed by atoms with Crippen LogP contribution in [0, 0.1) is 20.8 Å². The van der Waals surface area contributed by atoms with E-state index in [9.17, 15) is 0 Å². The number of hydrogen-bond acceptors (Lipinski definition) is 3. The number of rotatable bonds is 3. The van der Waals surface area contributed by atoms with Gasteiger partial charge in [0.2, 0.25) is 0 Å². The lowest BCUT2D eigenvalue weighted by Gasteiger charge is -2.35. The predicted molar refractivity (Wildman–Crippen MR) is 86.9 cm³/mol. The number of hydrogen-bond donors (Lipinski definition) is 0. The maximum Gasteiger partial charge on any atom is 0.118 e. The molecule has 0 atom stereocenters. The van der Waals surface area contributed by atoms with E-state index in [1.807, 2.05) is 6.92 Å². The Morgan fingerprint density at radius 3 is 2.38 bits per heavy atom. The SMILES string of the molecule is Cc1cccc(N2CCN(Cc3cc(C)c(C)o3)CC2)c1. The van der Waals surface area contributed by atoms with Gasteiger partial charge < -0.3 is 9.32 Å². The van der Waals surface area contributed by atoms with Gasteiger partial charge in [-0.05, 0) is 50.1 Å².